The molecule has 124 valence electrons. The Balaban J connectivity index is 1.87. The lowest BCUT2D eigenvalue weighted by Crippen LogP contribution is -2.55. The van der Waals surface area contributed by atoms with E-state index in [9.17, 15) is 9.59 Å². The first kappa shape index (κ1) is 16.3. The number of rotatable bonds is 2. The molecule has 2 saturated heterocycles. The summed E-state index contributed by atoms with van der Waals surface area (Å²) >= 11 is 1.86. The van der Waals surface area contributed by atoms with Crippen molar-refractivity contribution in [1.29, 1.82) is 0 Å². The summed E-state index contributed by atoms with van der Waals surface area (Å²) in [6.45, 7) is 3.49. The van der Waals surface area contributed by atoms with Gasteiger partial charge in [0.2, 0.25) is 5.91 Å². The number of hydrogen-bond acceptors (Lipinski definition) is 4. The van der Waals surface area contributed by atoms with E-state index in [-0.39, 0.29) is 24.5 Å². The van der Waals surface area contributed by atoms with E-state index in [1.54, 1.807) is 11.9 Å². The first-order chi connectivity index (χ1) is 11.1. The van der Waals surface area contributed by atoms with E-state index in [0.717, 1.165) is 35.7 Å². The van der Waals surface area contributed by atoms with Crippen LogP contribution in [0.4, 0.5) is 0 Å². The molecule has 2 heterocycles. The van der Waals surface area contributed by atoms with Crippen LogP contribution in [0.1, 0.15) is 17.2 Å². The van der Waals surface area contributed by atoms with Crippen molar-refractivity contribution in [2.24, 2.45) is 0 Å². The molecule has 0 unspecified atom stereocenters. The maximum atomic E-state index is 12.9. The molecule has 0 aliphatic carbocycles. The molecule has 1 aromatic rings. The van der Waals surface area contributed by atoms with Gasteiger partial charge >= 0.3 is 0 Å². The first-order valence-electron chi connectivity index (χ1n) is 7.88. The minimum Gasteiger partial charge on any atom is -0.356 e. The Bertz CT molecular complexity index is 584. The topological polar surface area (TPSA) is 49.9 Å². The number of carbonyl (C=O) groups excluding carboxylic acids is 2. The van der Waals surface area contributed by atoms with Crippen LogP contribution in [0.25, 0.3) is 0 Å². The van der Waals surface area contributed by atoms with Crippen LogP contribution < -0.4 is 0 Å². The van der Waals surface area contributed by atoms with Crippen molar-refractivity contribution in [3.8, 4) is 0 Å². The van der Waals surface area contributed by atoms with Crippen LogP contribution in [0, 0.1) is 6.92 Å². The van der Waals surface area contributed by atoms with Crippen LogP contribution in [0.3, 0.4) is 0 Å². The number of benzene rings is 1. The molecule has 2 aliphatic heterocycles. The summed E-state index contributed by atoms with van der Waals surface area (Å²) in [5.41, 5.74) is 2.09. The number of ether oxygens (including phenoxy) is 1. The van der Waals surface area contributed by atoms with Gasteiger partial charge in [0.1, 0.15) is 6.61 Å². The van der Waals surface area contributed by atoms with Gasteiger partial charge in [0.25, 0.3) is 5.91 Å². The third-order valence-electron chi connectivity index (χ3n) is 4.47. The van der Waals surface area contributed by atoms with Gasteiger partial charge in [-0.15, -0.1) is 0 Å². The molecule has 23 heavy (non-hydrogen) atoms. The average Bonchev–Trinajstić information content (AvgIpc) is 2.58. The molecule has 0 spiro atoms. The SMILES string of the molecule is Cc1ccc([C@H]2[C@H](C(=O)N3CCSCC3)OCC(=O)N2C)cc1. The molecule has 2 atom stereocenters. The standard InChI is InChI=1S/C17H22N2O3S/c1-12-3-5-13(6-4-12)15-16(22-11-14(20)18(15)2)17(21)19-7-9-23-10-8-19/h3-6,15-16H,7-11H2,1-2H3/t15-,16+/m0/s1. The second kappa shape index (κ2) is 6.93. The third-order valence-corrected chi connectivity index (χ3v) is 5.41. The molecule has 0 N–H and O–H groups in total. The fraction of sp³-hybridized carbons (Fsp3) is 0.529. The van der Waals surface area contributed by atoms with Crippen LogP contribution >= 0.6 is 11.8 Å². The van der Waals surface area contributed by atoms with Gasteiger partial charge in [0.15, 0.2) is 6.10 Å². The molecule has 2 amide bonds. The number of carbonyl (C=O) groups is 2. The summed E-state index contributed by atoms with van der Waals surface area (Å²) in [6.07, 6.45) is -0.622. The van der Waals surface area contributed by atoms with E-state index < -0.39 is 6.10 Å². The first-order valence-corrected chi connectivity index (χ1v) is 9.04. The Morgan fingerprint density at radius 2 is 1.87 bits per heavy atom. The lowest BCUT2D eigenvalue weighted by Gasteiger charge is -2.40. The number of hydrogen-bond donors (Lipinski definition) is 0. The van der Waals surface area contributed by atoms with E-state index in [2.05, 4.69) is 0 Å². The second-order valence-corrected chi connectivity index (χ2v) is 7.25. The van der Waals surface area contributed by atoms with Gasteiger partial charge in [-0.2, -0.15) is 11.8 Å². The summed E-state index contributed by atoms with van der Waals surface area (Å²) in [4.78, 5) is 28.5. The summed E-state index contributed by atoms with van der Waals surface area (Å²) in [5.74, 6) is 1.83. The van der Waals surface area contributed by atoms with E-state index >= 15 is 0 Å². The third kappa shape index (κ3) is 3.38. The Morgan fingerprint density at radius 3 is 2.52 bits per heavy atom. The van der Waals surface area contributed by atoms with Crippen LogP contribution in [0.15, 0.2) is 24.3 Å². The number of morpholine rings is 1. The van der Waals surface area contributed by atoms with Crippen molar-refractivity contribution in [1.82, 2.24) is 9.80 Å². The minimum absolute atomic E-state index is 0.00442. The highest BCUT2D eigenvalue weighted by atomic mass is 32.2. The molecule has 6 heteroatoms. The molecular formula is C17H22N2O3S. The molecule has 0 aromatic heterocycles. The Labute approximate surface area is 141 Å². The second-order valence-electron chi connectivity index (χ2n) is 6.03. The van der Waals surface area contributed by atoms with E-state index in [1.807, 2.05) is 47.9 Å². The lowest BCUT2D eigenvalue weighted by atomic mass is 9.96. The number of amides is 2. The zero-order valence-corrected chi connectivity index (χ0v) is 14.3. The highest BCUT2D eigenvalue weighted by Crippen LogP contribution is 2.30. The number of thioether (sulfide) groups is 1. The summed E-state index contributed by atoms with van der Waals surface area (Å²) < 4.78 is 5.68. The minimum atomic E-state index is -0.622. The van der Waals surface area contributed by atoms with Gasteiger partial charge in [-0.05, 0) is 12.5 Å². The van der Waals surface area contributed by atoms with Gasteiger partial charge in [-0.1, -0.05) is 29.8 Å². The van der Waals surface area contributed by atoms with Crippen molar-refractivity contribution < 1.29 is 14.3 Å². The predicted octanol–water partition coefficient (Wildman–Crippen LogP) is 1.47. The zero-order valence-electron chi connectivity index (χ0n) is 13.5. The van der Waals surface area contributed by atoms with E-state index in [4.69, 9.17) is 4.74 Å². The van der Waals surface area contributed by atoms with Gasteiger partial charge in [-0.3, -0.25) is 9.59 Å². The van der Waals surface area contributed by atoms with Crippen molar-refractivity contribution >= 4 is 23.6 Å². The lowest BCUT2D eigenvalue weighted by molar-refractivity contribution is -0.167. The van der Waals surface area contributed by atoms with Crippen molar-refractivity contribution in [2.75, 3.05) is 38.2 Å². The maximum absolute atomic E-state index is 12.9. The van der Waals surface area contributed by atoms with Crippen LogP contribution in [0.2, 0.25) is 0 Å². The molecule has 0 bridgehead atoms. The van der Waals surface area contributed by atoms with Gasteiger partial charge in [0, 0.05) is 31.6 Å². The maximum Gasteiger partial charge on any atom is 0.254 e. The zero-order chi connectivity index (χ0) is 16.4. The van der Waals surface area contributed by atoms with Crippen LogP contribution in [0.5, 0.6) is 0 Å². The molecule has 5 nitrogen and oxygen atoms in total. The fourth-order valence-electron chi connectivity index (χ4n) is 3.04. The molecule has 3 rings (SSSR count). The van der Waals surface area contributed by atoms with Gasteiger partial charge in [0.05, 0.1) is 6.04 Å². The van der Waals surface area contributed by atoms with Crippen molar-refractivity contribution in [3.05, 3.63) is 35.4 Å². The smallest absolute Gasteiger partial charge is 0.254 e. The summed E-state index contributed by atoms with van der Waals surface area (Å²) in [5, 5.41) is 0. The molecule has 0 radical (unpaired) electrons. The summed E-state index contributed by atoms with van der Waals surface area (Å²) in [6, 6.07) is 7.59. The highest BCUT2D eigenvalue weighted by molar-refractivity contribution is 7.99. The fourth-order valence-corrected chi connectivity index (χ4v) is 3.95. The molecule has 2 fully saturated rings. The highest BCUT2D eigenvalue weighted by Gasteiger charge is 2.41. The largest absolute Gasteiger partial charge is 0.356 e. The molecule has 0 saturated carbocycles. The van der Waals surface area contributed by atoms with E-state index in [0.29, 0.717) is 0 Å². The molecule has 1 aromatic carbocycles. The quantitative estimate of drug-likeness (QED) is 0.822. The van der Waals surface area contributed by atoms with Crippen LogP contribution in [-0.2, 0) is 14.3 Å². The average molecular weight is 334 g/mol. The predicted molar refractivity (Wildman–Crippen MR) is 90.3 cm³/mol. The normalized spacial score (nSPS) is 25.6. The Morgan fingerprint density at radius 1 is 1.22 bits per heavy atom. The molecule has 2 aliphatic rings. The van der Waals surface area contributed by atoms with Crippen molar-refractivity contribution in [3.63, 3.8) is 0 Å². The Kier molecular flexibility index (Phi) is 4.92. The van der Waals surface area contributed by atoms with E-state index in [1.165, 1.54) is 0 Å². The molecular weight excluding hydrogens is 312 g/mol. The summed E-state index contributed by atoms with van der Waals surface area (Å²) in [7, 11) is 1.75. The van der Waals surface area contributed by atoms with Gasteiger partial charge < -0.3 is 14.5 Å². The van der Waals surface area contributed by atoms with Crippen molar-refractivity contribution in [2.45, 2.75) is 19.1 Å². The monoisotopic (exact) mass is 334 g/mol. The number of aryl methyl sites for hydroxylation is 1. The Hall–Kier alpha value is -1.53. The van der Waals surface area contributed by atoms with Crippen LogP contribution in [-0.4, -0.2) is 66.0 Å². The number of nitrogens with zero attached hydrogens (tertiary/aromatic N) is 2. The van der Waals surface area contributed by atoms with Gasteiger partial charge in [-0.25, -0.2) is 0 Å². The number of likely N-dealkylation sites (N-methyl/N-ethyl adjacent to an activating group) is 1.